The predicted molar refractivity (Wildman–Crippen MR) is 36.9 cm³/mol. The molecule has 0 amide bonds. The van der Waals surface area contributed by atoms with Gasteiger partial charge in [-0.25, -0.2) is 0 Å². The Labute approximate surface area is 55.5 Å². The second-order valence-electron chi connectivity index (χ2n) is 2.16. The van der Waals surface area contributed by atoms with Crippen molar-refractivity contribution in [2.45, 2.75) is 19.5 Å². The third-order valence-electron chi connectivity index (χ3n) is 1.30. The molecule has 0 rings (SSSR count). The lowest BCUT2D eigenvalue weighted by Gasteiger charge is -2.15. The molecule has 0 aromatic carbocycles. The summed E-state index contributed by atoms with van der Waals surface area (Å²) in [5, 5.41) is 8.32. The van der Waals surface area contributed by atoms with E-state index < -0.39 is 0 Å². The van der Waals surface area contributed by atoms with Crippen LogP contribution >= 0.6 is 0 Å². The van der Waals surface area contributed by atoms with Gasteiger partial charge in [-0.1, -0.05) is 13.0 Å². The minimum Gasteiger partial charge on any atom is -0.315 e. The van der Waals surface area contributed by atoms with Gasteiger partial charge in [-0.05, 0) is 12.3 Å². The molecule has 54 valence electrons. The van der Waals surface area contributed by atoms with Crippen molar-refractivity contribution >= 4 is 0 Å². The summed E-state index contributed by atoms with van der Waals surface area (Å²) in [5.74, 6) is 0.229. The zero-order valence-electron chi connectivity index (χ0n) is 5.67. The molecule has 0 aliphatic rings. The quantitative estimate of drug-likeness (QED) is 0.294. The minimum atomic E-state index is -0.344. The number of allylic oxidation sites excluding steroid dienone is 1. The fourth-order valence-electron chi connectivity index (χ4n) is 0.537. The van der Waals surface area contributed by atoms with E-state index in [-0.39, 0.29) is 12.1 Å². The normalized spacial score (nSPS) is 16.8. The van der Waals surface area contributed by atoms with E-state index in [0.717, 1.165) is 6.42 Å². The molecule has 0 spiro atoms. The van der Waals surface area contributed by atoms with Gasteiger partial charge >= 0.3 is 0 Å². The fraction of sp³-hybridized carbons (Fsp3) is 0.667. The summed E-state index contributed by atoms with van der Waals surface area (Å²) in [6.45, 7) is 5.49. The molecule has 0 aliphatic carbocycles. The van der Waals surface area contributed by atoms with Gasteiger partial charge < -0.3 is 10.9 Å². The van der Waals surface area contributed by atoms with Gasteiger partial charge in [-0.15, -0.1) is 6.58 Å². The monoisotopic (exact) mass is 130 g/mol. The van der Waals surface area contributed by atoms with Gasteiger partial charge in [0.2, 0.25) is 0 Å². The molecular weight excluding hydrogens is 116 g/mol. The summed E-state index contributed by atoms with van der Waals surface area (Å²) in [4.78, 5) is 0. The molecule has 2 unspecified atom stereocenters. The zero-order chi connectivity index (χ0) is 7.28. The largest absolute Gasteiger partial charge is 0.315 e. The summed E-state index contributed by atoms with van der Waals surface area (Å²) < 4.78 is 0. The average Bonchev–Trinajstić information content (AvgIpc) is 1.87. The zero-order valence-corrected chi connectivity index (χ0v) is 5.67. The van der Waals surface area contributed by atoms with Crippen molar-refractivity contribution in [3.05, 3.63) is 12.7 Å². The predicted octanol–water partition coefficient (Wildman–Crippen LogP) is 0.462. The smallest absolute Gasteiger partial charge is 0.0813 e. The third-order valence-corrected chi connectivity index (χ3v) is 1.30. The molecular formula is C6H14N2O. The standard InChI is InChI=1S/C6H14N2O/c1-3-4-5(2)6(7)8-9/h3,5-6,8-9H,1,4,7H2,2H3. The summed E-state index contributed by atoms with van der Waals surface area (Å²) in [6, 6.07) is 0. The first-order valence-electron chi connectivity index (χ1n) is 2.98. The van der Waals surface area contributed by atoms with Crippen molar-refractivity contribution in [2.75, 3.05) is 0 Å². The molecule has 0 fully saturated rings. The van der Waals surface area contributed by atoms with Gasteiger partial charge in [-0.3, -0.25) is 0 Å². The Bertz CT molecular complexity index is 85.1. The van der Waals surface area contributed by atoms with Gasteiger partial charge in [0, 0.05) is 0 Å². The van der Waals surface area contributed by atoms with Crippen LogP contribution in [0.3, 0.4) is 0 Å². The van der Waals surface area contributed by atoms with Crippen molar-refractivity contribution in [1.29, 1.82) is 0 Å². The summed E-state index contributed by atoms with van der Waals surface area (Å²) in [5.41, 5.74) is 7.37. The molecule has 0 saturated heterocycles. The van der Waals surface area contributed by atoms with Crippen molar-refractivity contribution in [1.82, 2.24) is 5.48 Å². The van der Waals surface area contributed by atoms with Crippen LogP contribution in [0.2, 0.25) is 0 Å². The molecule has 3 heteroatoms. The number of hydroxylamine groups is 1. The molecule has 0 bridgehead atoms. The first-order chi connectivity index (χ1) is 4.22. The Balaban J connectivity index is 3.44. The Morgan fingerprint density at radius 2 is 2.44 bits per heavy atom. The van der Waals surface area contributed by atoms with E-state index in [1.807, 2.05) is 12.4 Å². The van der Waals surface area contributed by atoms with Gasteiger partial charge in [-0.2, -0.15) is 5.48 Å². The Hall–Kier alpha value is -0.380. The number of nitrogens with one attached hydrogen (secondary N) is 1. The van der Waals surface area contributed by atoms with Gasteiger partial charge in [0.1, 0.15) is 0 Å². The van der Waals surface area contributed by atoms with Crippen LogP contribution in [0.4, 0.5) is 0 Å². The molecule has 0 aliphatic heterocycles. The first kappa shape index (κ1) is 8.62. The fourth-order valence-corrected chi connectivity index (χ4v) is 0.537. The highest BCUT2D eigenvalue weighted by molar-refractivity contribution is 4.74. The number of rotatable bonds is 4. The lowest BCUT2D eigenvalue weighted by Crippen LogP contribution is -2.40. The lowest BCUT2D eigenvalue weighted by molar-refractivity contribution is 0.104. The van der Waals surface area contributed by atoms with E-state index in [2.05, 4.69) is 6.58 Å². The first-order valence-corrected chi connectivity index (χ1v) is 2.98. The molecule has 0 saturated carbocycles. The Morgan fingerprint density at radius 1 is 1.89 bits per heavy atom. The van der Waals surface area contributed by atoms with Crippen molar-refractivity contribution in [3.63, 3.8) is 0 Å². The second-order valence-corrected chi connectivity index (χ2v) is 2.16. The second kappa shape index (κ2) is 4.49. The van der Waals surface area contributed by atoms with Crippen LogP contribution < -0.4 is 11.2 Å². The number of hydrogen-bond donors (Lipinski definition) is 3. The summed E-state index contributed by atoms with van der Waals surface area (Å²) in [6.07, 6.45) is 2.25. The van der Waals surface area contributed by atoms with Crippen LogP contribution in [-0.4, -0.2) is 11.4 Å². The molecule has 0 aromatic heterocycles. The van der Waals surface area contributed by atoms with Crippen LogP contribution in [0.15, 0.2) is 12.7 Å². The highest BCUT2D eigenvalue weighted by Crippen LogP contribution is 2.02. The number of nitrogens with two attached hydrogens (primary N) is 1. The lowest BCUT2D eigenvalue weighted by atomic mass is 10.1. The maximum atomic E-state index is 8.32. The molecule has 2 atom stereocenters. The van der Waals surface area contributed by atoms with Crippen LogP contribution in [-0.2, 0) is 0 Å². The average molecular weight is 130 g/mol. The Morgan fingerprint density at radius 3 is 2.78 bits per heavy atom. The van der Waals surface area contributed by atoms with E-state index >= 15 is 0 Å². The summed E-state index contributed by atoms with van der Waals surface area (Å²) in [7, 11) is 0. The van der Waals surface area contributed by atoms with Gasteiger partial charge in [0.05, 0.1) is 6.17 Å². The van der Waals surface area contributed by atoms with E-state index in [9.17, 15) is 0 Å². The Kier molecular flexibility index (Phi) is 4.30. The maximum Gasteiger partial charge on any atom is 0.0813 e. The van der Waals surface area contributed by atoms with Crippen LogP contribution in [0.5, 0.6) is 0 Å². The minimum absolute atomic E-state index is 0.229. The molecule has 9 heavy (non-hydrogen) atoms. The summed E-state index contributed by atoms with van der Waals surface area (Å²) >= 11 is 0. The van der Waals surface area contributed by atoms with Crippen LogP contribution in [0, 0.1) is 5.92 Å². The molecule has 4 N–H and O–H groups in total. The van der Waals surface area contributed by atoms with Crippen molar-refractivity contribution in [3.8, 4) is 0 Å². The third kappa shape index (κ3) is 3.24. The van der Waals surface area contributed by atoms with E-state index in [1.54, 1.807) is 6.08 Å². The van der Waals surface area contributed by atoms with E-state index in [0.29, 0.717) is 0 Å². The molecule has 3 nitrogen and oxygen atoms in total. The van der Waals surface area contributed by atoms with E-state index in [4.69, 9.17) is 10.9 Å². The molecule has 0 radical (unpaired) electrons. The molecule has 0 heterocycles. The maximum absolute atomic E-state index is 8.32. The van der Waals surface area contributed by atoms with Gasteiger partial charge in [0.25, 0.3) is 0 Å². The van der Waals surface area contributed by atoms with Crippen LogP contribution in [0.1, 0.15) is 13.3 Å². The van der Waals surface area contributed by atoms with E-state index in [1.165, 1.54) is 0 Å². The topological polar surface area (TPSA) is 58.3 Å². The van der Waals surface area contributed by atoms with Crippen molar-refractivity contribution in [2.24, 2.45) is 11.7 Å². The molecule has 0 aromatic rings. The van der Waals surface area contributed by atoms with Crippen molar-refractivity contribution < 1.29 is 5.21 Å². The number of hydrogen-bond acceptors (Lipinski definition) is 3. The van der Waals surface area contributed by atoms with Crippen LogP contribution in [0.25, 0.3) is 0 Å². The highest BCUT2D eigenvalue weighted by Gasteiger charge is 2.07. The SMILES string of the molecule is C=CCC(C)C(N)NO. The highest BCUT2D eigenvalue weighted by atomic mass is 16.5. The van der Waals surface area contributed by atoms with Gasteiger partial charge in [0.15, 0.2) is 0 Å².